The fourth-order valence-electron chi connectivity index (χ4n) is 4.16. The topological polar surface area (TPSA) is 81.7 Å². The third kappa shape index (κ3) is 5.42. The number of amides is 1. The van der Waals surface area contributed by atoms with Gasteiger partial charge in [0.05, 0.1) is 11.8 Å². The molecule has 25 heavy (non-hydrogen) atoms. The average Bonchev–Trinajstić information content (AvgIpc) is 2.94. The molecule has 2 aliphatic heterocycles. The number of nitrogens with one attached hydrogen (secondary N) is 2. The molecule has 2 atom stereocenters. The van der Waals surface area contributed by atoms with Crippen molar-refractivity contribution >= 4 is 11.9 Å². The number of nitrogens with zero attached hydrogens (tertiary/aromatic N) is 1. The molecule has 6 heteroatoms. The second-order valence-corrected chi connectivity index (χ2v) is 7.91. The molecule has 0 saturated carbocycles. The lowest BCUT2D eigenvalue weighted by atomic mass is 9.75. The van der Waals surface area contributed by atoms with Crippen molar-refractivity contribution in [3.8, 4) is 0 Å². The molecule has 0 aliphatic carbocycles. The van der Waals surface area contributed by atoms with Crippen LogP contribution in [0.5, 0.6) is 0 Å². The van der Waals surface area contributed by atoms with Gasteiger partial charge in [-0.2, -0.15) is 0 Å². The molecule has 0 aromatic rings. The van der Waals surface area contributed by atoms with Crippen LogP contribution in [0.15, 0.2) is 0 Å². The van der Waals surface area contributed by atoms with Crippen molar-refractivity contribution in [1.82, 2.24) is 15.5 Å². The molecule has 2 fully saturated rings. The van der Waals surface area contributed by atoms with Gasteiger partial charge in [0.2, 0.25) is 5.91 Å². The van der Waals surface area contributed by atoms with E-state index in [1.807, 2.05) is 6.92 Å². The fraction of sp³-hybridized carbons (Fsp3) is 0.895. The van der Waals surface area contributed by atoms with E-state index in [1.54, 1.807) is 0 Å². The monoisotopic (exact) mass is 353 g/mol. The zero-order chi connectivity index (χ0) is 18.3. The first-order chi connectivity index (χ1) is 12.0. The lowest BCUT2D eigenvalue weighted by molar-refractivity contribution is -0.146. The van der Waals surface area contributed by atoms with Gasteiger partial charge < -0.3 is 20.6 Å². The van der Waals surface area contributed by atoms with E-state index >= 15 is 0 Å². The maximum atomic E-state index is 12.9. The van der Waals surface area contributed by atoms with Gasteiger partial charge in [-0.1, -0.05) is 33.1 Å². The Balaban J connectivity index is 1.80. The van der Waals surface area contributed by atoms with Crippen LogP contribution in [0.25, 0.3) is 0 Å². The summed E-state index contributed by atoms with van der Waals surface area (Å²) in [5.74, 6) is -0.927. The van der Waals surface area contributed by atoms with Crippen LogP contribution in [-0.2, 0) is 9.59 Å². The lowest BCUT2D eigenvalue weighted by Crippen LogP contribution is -2.52. The number of carboxylic acids is 1. The molecular formula is C19H35N3O3. The summed E-state index contributed by atoms with van der Waals surface area (Å²) in [6.07, 6.45) is 6.97. The number of hydrogen-bond donors (Lipinski definition) is 3. The van der Waals surface area contributed by atoms with Gasteiger partial charge in [0.1, 0.15) is 0 Å². The van der Waals surface area contributed by atoms with Crippen LogP contribution in [0.4, 0.5) is 0 Å². The SMILES string of the molecule is CCCCCCN1CCC(NC(=O)[C@]2(CC(=O)O)CNC[C@@H]2C)CC1. The Bertz CT molecular complexity index is 449. The van der Waals surface area contributed by atoms with Gasteiger partial charge in [-0.25, -0.2) is 0 Å². The van der Waals surface area contributed by atoms with Crippen molar-refractivity contribution < 1.29 is 14.7 Å². The largest absolute Gasteiger partial charge is 0.481 e. The highest BCUT2D eigenvalue weighted by atomic mass is 16.4. The number of unbranched alkanes of at least 4 members (excludes halogenated alkanes) is 3. The summed E-state index contributed by atoms with van der Waals surface area (Å²) in [5, 5.41) is 15.6. The van der Waals surface area contributed by atoms with Crippen molar-refractivity contribution in [1.29, 1.82) is 0 Å². The van der Waals surface area contributed by atoms with Gasteiger partial charge >= 0.3 is 5.97 Å². The smallest absolute Gasteiger partial charge is 0.304 e. The highest BCUT2D eigenvalue weighted by Gasteiger charge is 2.48. The van der Waals surface area contributed by atoms with Crippen LogP contribution < -0.4 is 10.6 Å². The molecule has 1 amide bonds. The molecule has 2 heterocycles. The van der Waals surface area contributed by atoms with Gasteiger partial charge in [0, 0.05) is 25.7 Å². The number of piperidine rings is 1. The van der Waals surface area contributed by atoms with E-state index in [4.69, 9.17) is 0 Å². The predicted molar refractivity (Wildman–Crippen MR) is 98.5 cm³/mol. The second kappa shape index (κ2) is 9.53. The predicted octanol–water partition coefficient (Wildman–Crippen LogP) is 1.85. The summed E-state index contributed by atoms with van der Waals surface area (Å²) in [6.45, 7) is 8.57. The molecule has 0 bridgehead atoms. The molecule has 0 radical (unpaired) electrons. The minimum Gasteiger partial charge on any atom is -0.481 e. The number of carboxylic acid groups (broad SMARTS) is 1. The molecule has 0 unspecified atom stereocenters. The van der Waals surface area contributed by atoms with Gasteiger partial charge in [0.25, 0.3) is 0 Å². The second-order valence-electron chi connectivity index (χ2n) is 7.91. The molecule has 0 aromatic carbocycles. The van der Waals surface area contributed by atoms with Crippen LogP contribution in [0.1, 0.15) is 58.8 Å². The first-order valence-corrected chi connectivity index (χ1v) is 9.93. The Kier molecular flexibility index (Phi) is 7.69. The van der Waals surface area contributed by atoms with Gasteiger partial charge in [-0.15, -0.1) is 0 Å². The Morgan fingerprint density at radius 3 is 2.52 bits per heavy atom. The molecule has 0 spiro atoms. The van der Waals surface area contributed by atoms with Gasteiger partial charge in [-0.05, 0) is 38.3 Å². The molecule has 2 aliphatic rings. The van der Waals surface area contributed by atoms with Crippen LogP contribution in [0, 0.1) is 11.3 Å². The van der Waals surface area contributed by atoms with E-state index in [0.29, 0.717) is 13.1 Å². The molecule has 144 valence electrons. The van der Waals surface area contributed by atoms with Gasteiger partial charge in [-0.3, -0.25) is 9.59 Å². The summed E-state index contributed by atoms with van der Waals surface area (Å²) in [5.41, 5.74) is -0.802. The number of aliphatic carboxylic acids is 1. The zero-order valence-electron chi connectivity index (χ0n) is 15.9. The molecular weight excluding hydrogens is 318 g/mol. The quantitative estimate of drug-likeness (QED) is 0.551. The maximum absolute atomic E-state index is 12.9. The Morgan fingerprint density at radius 1 is 1.24 bits per heavy atom. The van der Waals surface area contributed by atoms with Crippen LogP contribution in [0.2, 0.25) is 0 Å². The lowest BCUT2D eigenvalue weighted by Gasteiger charge is -2.36. The van der Waals surface area contributed by atoms with Crippen molar-refractivity contribution in [2.45, 2.75) is 64.8 Å². The first kappa shape index (κ1) is 20.2. The maximum Gasteiger partial charge on any atom is 0.304 e. The molecule has 2 rings (SSSR count). The van der Waals surface area contributed by atoms with Crippen molar-refractivity contribution in [3.05, 3.63) is 0 Å². The highest BCUT2D eigenvalue weighted by Crippen LogP contribution is 2.35. The number of hydrogen-bond acceptors (Lipinski definition) is 4. The van der Waals surface area contributed by atoms with Crippen LogP contribution >= 0.6 is 0 Å². The normalized spacial score (nSPS) is 28.2. The fourth-order valence-corrected chi connectivity index (χ4v) is 4.16. The number of likely N-dealkylation sites (tertiary alicyclic amines) is 1. The minimum absolute atomic E-state index is 0.0438. The van der Waals surface area contributed by atoms with E-state index in [2.05, 4.69) is 22.5 Å². The summed E-state index contributed by atoms with van der Waals surface area (Å²) >= 11 is 0. The molecule has 0 aromatic heterocycles. The van der Waals surface area contributed by atoms with E-state index < -0.39 is 11.4 Å². The van der Waals surface area contributed by atoms with Gasteiger partial charge in [0.15, 0.2) is 0 Å². The number of carbonyl (C=O) groups excluding carboxylic acids is 1. The Morgan fingerprint density at radius 2 is 1.96 bits per heavy atom. The Labute approximate surface area is 151 Å². The highest BCUT2D eigenvalue weighted by molar-refractivity contribution is 5.88. The third-order valence-electron chi connectivity index (χ3n) is 6.00. The third-order valence-corrected chi connectivity index (χ3v) is 6.00. The van der Waals surface area contributed by atoms with Crippen molar-refractivity contribution in [2.24, 2.45) is 11.3 Å². The van der Waals surface area contributed by atoms with E-state index in [9.17, 15) is 14.7 Å². The summed E-state index contributed by atoms with van der Waals surface area (Å²) < 4.78 is 0. The summed E-state index contributed by atoms with van der Waals surface area (Å²) in [6, 6.07) is 0.179. The summed E-state index contributed by atoms with van der Waals surface area (Å²) in [4.78, 5) is 26.6. The van der Waals surface area contributed by atoms with Crippen LogP contribution in [0.3, 0.4) is 0 Å². The molecule has 3 N–H and O–H groups in total. The standard InChI is InChI=1S/C19H35N3O3/c1-3-4-5-6-9-22-10-7-16(8-11-22)21-18(25)19(12-17(23)24)14-20-13-15(19)2/h15-16,20H,3-14H2,1-2H3,(H,21,25)(H,23,24)/t15-,19+/m0/s1. The molecule has 2 saturated heterocycles. The first-order valence-electron chi connectivity index (χ1n) is 9.93. The van der Waals surface area contributed by atoms with Crippen molar-refractivity contribution in [3.63, 3.8) is 0 Å². The summed E-state index contributed by atoms with van der Waals surface area (Å²) in [7, 11) is 0. The average molecular weight is 354 g/mol. The van der Waals surface area contributed by atoms with E-state index in [-0.39, 0.29) is 24.3 Å². The van der Waals surface area contributed by atoms with Crippen LogP contribution in [-0.4, -0.2) is 60.6 Å². The van der Waals surface area contributed by atoms with E-state index in [1.165, 1.54) is 25.7 Å². The molecule has 6 nitrogen and oxygen atoms in total. The number of rotatable bonds is 9. The Hall–Kier alpha value is -1.14. The zero-order valence-corrected chi connectivity index (χ0v) is 15.9. The van der Waals surface area contributed by atoms with Crippen molar-refractivity contribution in [2.75, 3.05) is 32.7 Å². The van der Waals surface area contributed by atoms with E-state index in [0.717, 1.165) is 32.5 Å². The number of carbonyl (C=O) groups is 2. The minimum atomic E-state index is -0.896.